The molecule has 1 unspecified atom stereocenters. The summed E-state index contributed by atoms with van der Waals surface area (Å²) in [5.41, 5.74) is 1.17. The molecule has 5 heteroatoms. The molecule has 0 amide bonds. The molecule has 1 heterocycles. The molecule has 0 saturated carbocycles. The summed E-state index contributed by atoms with van der Waals surface area (Å²) in [5.74, 6) is 0. The molecule has 1 fully saturated rings. The molecule has 1 aliphatic rings. The first-order valence-corrected chi connectivity index (χ1v) is 6.50. The largest absolute Gasteiger partial charge is 0.390 e. The van der Waals surface area contributed by atoms with Crippen molar-refractivity contribution in [3.63, 3.8) is 0 Å². The summed E-state index contributed by atoms with van der Waals surface area (Å²) in [7, 11) is 2.03. The molecule has 0 aromatic heterocycles. The molecule has 0 spiro atoms. The molecule has 0 N–H and O–H groups in total. The van der Waals surface area contributed by atoms with Crippen molar-refractivity contribution in [1.29, 1.82) is 0 Å². The molecule has 106 valence electrons. The van der Waals surface area contributed by atoms with Crippen molar-refractivity contribution < 1.29 is 13.2 Å². The molecule has 2 rings (SSSR count). The van der Waals surface area contributed by atoms with Crippen molar-refractivity contribution in [2.75, 3.05) is 33.2 Å². The van der Waals surface area contributed by atoms with Crippen molar-refractivity contribution in [2.24, 2.45) is 0 Å². The van der Waals surface area contributed by atoms with Gasteiger partial charge in [-0.15, -0.1) is 0 Å². The molecule has 19 heavy (non-hydrogen) atoms. The van der Waals surface area contributed by atoms with Gasteiger partial charge in [-0.05, 0) is 12.6 Å². The SMILES string of the molecule is CN1CCN(CCC(F)(F)F)CC1c1ccccc1. The number of benzene rings is 1. The second-order valence-corrected chi connectivity index (χ2v) is 5.07. The van der Waals surface area contributed by atoms with E-state index in [0.29, 0.717) is 13.1 Å². The molecule has 1 saturated heterocycles. The van der Waals surface area contributed by atoms with Crippen LogP contribution in [0.15, 0.2) is 30.3 Å². The molecule has 1 atom stereocenters. The van der Waals surface area contributed by atoms with Crippen molar-refractivity contribution in [3.05, 3.63) is 35.9 Å². The number of nitrogens with zero attached hydrogens (tertiary/aromatic N) is 2. The summed E-state index contributed by atoms with van der Waals surface area (Å²) in [6.07, 6.45) is -4.79. The topological polar surface area (TPSA) is 6.48 Å². The Hall–Kier alpha value is -1.07. The molecule has 0 aliphatic carbocycles. The van der Waals surface area contributed by atoms with E-state index < -0.39 is 12.6 Å². The number of alkyl halides is 3. The van der Waals surface area contributed by atoms with Gasteiger partial charge < -0.3 is 0 Å². The number of hydrogen-bond acceptors (Lipinski definition) is 2. The smallest absolute Gasteiger partial charge is 0.300 e. The first-order valence-electron chi connectivity index (χ1n) is 6.50. The molecule has 1 aromatic carbocycles. The summed E-state index contributed by atoms with van der Waals surface area (Å²) in [4.78, 5) is 4.12. The van der Waals surface area contributed by atoms with Crippen molar-refractivity contribution >= 4 is 0 Å². The normalized spacial score (nSPS) is 22.6. The van der Waals surface area contributed by atoms with E-state index in [0.717, 1.165) is 6.54 Å². The van der Waals surface area contributed by atoms with E-state index in [1.54, 1.807) is 0 Å². The minimum absolute atomic E-state index is 0.0979. The fraction of sp³-hybridized carbons (Fsp3) is 0.571. The van der Waals surface area contributed by atoms with Gasteiger partial charge in [0, 0.05) is 32.2 Å². The zero-order valence-electron chi connectivity index (χ0n) is 11.0. The Kier molecular flexibility index (Phi) is 4.47. The van der Waals surface area contributed by atoms with Crippen LogP contribution in [0.25, 0.3) is 0 Å². The Balaban J connectivity index is 1.97. The zero-order valence-corrected chi connectivity index (χ0v) is 11.0. The number of hydrogen-bond donors (Lipinski definition) is 0. The van der Waals surface area contributed by atoms with Crippen molar-refractivity contribution in [1.82, 2.24) is 9.80 Å². The van der Waals surface area contributed by atoms with E-state index in [1.165, 1.54) is 5.56 Å². The van der Waals surface area contributed by atoms with Crippen LogP contribution in [0.1, 0.15) is 18.0 Å². The van der Waals surface area contributed by atoms with Crippen LogP contribution in [0.5, 0.6) is 0 Å². The number of halogens is 3. The van der Waals surface area contributed by atoms with Gasteiger partial charge in [-0.25, -0.2) is 0 Å². The lowest BCUT2D eigenvalue weighted by Crippen LogP contribution is -2.47. The monoisotopic (exact) mass is 272 g/mol. The fourth-order valence-corrected chi connectivity index (χ4v) is 2.45. The highest BCUT2D eigenvalue weighted by molar-refractivity contribution is 5.19. The third-order valence-corrected chi connectivity index (χ3v) is 3.63. The summed E-state index contributed by atoms with van der Waals surface area (Å²) in [6, 6.07) is 10.1. The first-order chi connectivity index (χ1) is 8.96. The van der Waals surface area contributed by atoms with Gasteiger partial charge in [-0.3, -0.25) is 9.80 Å². The van der Waals surface area contributed by atoms with Crippen LogP contribution in [-0.4, -0.2) is 49.2 Å². The molecular formula is C14H19F3N2. The maximum Gasteiger partial charge on any atom is 0.390 e. The lowest BCUT2D eigenvalue weighted by atomic mass is 10.0. The highest BCUT2D eigenvalue weighted by atomic mass is 19.4. The van der Waals surface area contributed by atoms with Crippen LogP contribution in [0.3, 0.4) is 0 Å². The Morgan fingerprint density at radius 1 is 1.16 bits per heavy atom. The van der Waals surface area contributed by atoms with E-state index in [9.17, 15) is 13.2 Å². The van der Waals surface area contributed by atoms with Crippen LogP contribution < -0.4 is 0 Å². The summed E-state index contributed by atoms with van der Waals surface area (Å²) in [5, 5.41) is 0. The maximum absolute atomic E-state index is 12.3. The second-order valence-electron chi connectivity index (χ2n) is 5.07. The summed E-state index contributed by atoms with van der Waals surface area (Å²) >= 11 is 0. The average molecular weight is 272 g/mol. The molecular weight excluding hydrogens is 253 g/mol. The van der Waals surface area contributed by atoms with Gasteiger partial charge in [0.1, 0.15) is 0 Å². The predicted molar refractivity (Wildman–Crippen MR) is 68.9 cm³/mol. The van der Waals surface area contributed by atoms with Gasteiger partial charge in [0.15, 0.2) is 0 Å². The van der Waals surface area contributed by atoms with Crippen LogP contribution >= 0.6 is 0 Å². The maximum atomic E-state index is 12.3. The van der Waals surface area contributed by atoms with Gasteiger partial charge >= 0.3 is 6.18 Å². The van der Waals surface area contributed by atoms with Crippen molar-refractivity contribution in [3.8, 4) is 0 Å². The molecule has 2 nitrogen and oxygen atoms in total. The minimum Gasteiger partial charge on any atom is -0.300 e. The van der Waals surface area contributed by atoms with E-state index in [4.69, 9.17) is 0 Å². The van der Waals surface area contributed by atoms with Gasteiger partial charge in [-0.2, -0.15) is 13.2 Å². The number of likely N-dealkylation sites (N-methyl/N-ethyl adjacent to an activating group) is 1. The highest BCUT2D eigenvalue weighted by Gasteiger charge is 2.30. The Bertz CT molecular complexity index is 391. The van der Waals surface area contributed by atoms with E-state index >= 15 is 0 Å². The van der Waals surface area contributed by atoms with E-state index in [2.05, 4.69) is 4.90 Å². The number of rotatable bonds is 3. The molecule has 1 aliphatic heterocycles. The lowest BCUT2D eigenvalue weighted by molar-refractivity contribution is -0.139. The zero-order chi connectivity index (χ0) is 13.9. The van der Waals surface area contributed by atoms with Crippen LogP contribution in [0.2, 0.25) is 0 Å². The second kappa shape index (κ2) is 5.92. The Labute approximate surface area is 111 Å². The molecule has 0 radical (unpaired) electrons. The summed E-state index contributed by atoms with van der Waals surface area (Å²) < 4.78 is 36.8. The lowest BCUT2D eigenvalue weighted by Gasteiger charge is -2.39. The fourth-order valence-electron chi connectivity index (χ4n) is 2.45. The first kappa shape index (κ1) is 14.3. The molecule has 1 aromatic rings. The minimum atomic E-state index is -4.06. The average Bonchev–Trinajstić information content (AvgIpc) is 2.38. The van der Waals surface area contributed by atoms with Crippen LogP contribution in [0.4, 0.5) is 13.2 Å². The van der Waals surface area contributed by atoms with Gasteiger partial charge in [0.25, 0.3) is 0 Å². The quantitative estimate of drug-likeness (QED) is 0.834. The van der Waals surface area contributed by atoms with Gasteiger partial charge in [0.2, 0.25) is 0 Å². The van der Waals surface area contributed by atoms with E-state index in [1.807, 2.05) is 42.3 Å². The third-order valence-electron chi connectivity index (χ3n) is 3.63. The van der Waals surface area contributed by atoms with Crippen LogP contribution in [0, 0.1) is 0 Å². The molecule has 0 bridgehead atoms. The van der Waals surface area contributed by atoms with E-state index in [-0.39, 0.29) is 12.6 Å². The van der Waals surface area contributed by atoms with Gasteiger partial charge in [-0.1, -0.05) is 30.3 Å². The van der Waals surface area contributed by atoms with Crippen molar-refractivity contribution in [2.45, 2.75) is 18.6 Å². The standard InChI is InChI=1S/C14H19F3N2/c1-18-9-10-19(8-7-14(15,16)17)11-13(18)12-5-3-2-4-6-12/h2-6,13H,7-11H2,1H3. The van der Waals surface area contributed by atoms with Gasteiger partial charge in [0.05, 0.1) is 6.42 Å². The number of piperazine rings is 1. The highest BCUT2D eigenvalue weighted by Crippen LogP contribution is 2.25. The Morgan fingerprint density at radius 3 is 2.47 bits per heavy atom. The summed E-state index contributed by atoms with van der Waals surface area (Å²) in [6.45, 7) is 2.27. The third kappa shape index (κ3) is 4.21. The van der Waals surface area contributed by atoms with Crippen LogP contribution in [-0.2, 0) is 0 Å². The Morgan fingerprint density at radius 2 is 1.84 bits per heavy atom. The predicted octanol–water partition coefficient (Wildman–Crippen LogP) is 2.93.